The predicted molar refractivity (Wildman–Crippen MR) is 92.3 cm³/mol. The summed E-state index contributed by atoms with van der Waals surface area (Å²) < 4.78 is 10.7. The molecular formula is C20H22O4. The molecule has 24 heavy (non-hydrogen) atoms. The van der Waals surface area contributed by atoms with E-state index in [0.29, 0.717) is 23.5 Å². The summed E-state index contributed by atoms with van der Waals surface area (Å²) in [6, 6.07) is 13.6. The maximum absolute atomic E-state index is 12.1. The number of rotatable bonds is 5. The highest BCUT2D eigenvalue weighted by atomic mass is 16.5. The Morgan fingerprint density at radius 1 is 0.875 bits per heavy atom. The van der Waals surface area contributed by atoms with E-state index in [9.17, 15) is 9.59 Å². The average Bonchev–Trinajstić information content (AvgIpc) is 2.57. The molecule has 0 radical (unpaired) electrons. The number of hydrogen-bond donors (Lipinski definition) is 0. The van der Waals surface area contributed by atoms with Crippen LogP contribution in [-0.2, 0) is 4.79 Å². The lowest BCUT2D eigenvalue weighted by atomic mass is 9.91. The van der Waals surface area contributed by atoms with Crippen molar-refractivity contribution in [2.24, 2.45) is 5.41 Å². The first kappa shape index (κ1) is 17.7. The van der Waals surface area contributed by atoms with E-state index in [1.807, 2.05) is 39.8 Å². The summed E-state index contributed by atoms with van der Waals surface area (Å²) in [6.45, 7) is 7.57. The van der Waals surface area contributed by atoms with Crippen LogP contribution in [0.2, 0.25) is 0 Å². The van der Waals surface area contributed by atoms with Gasteiger partial charge >= 0.3 is 11.9 Å². The van der Waals surface area contributed by atoms with Gasteiger partial charge in [0, 0.05) is 0 Å². The highest BCUT2D eigenvalue weighted by Gasteiger charge is 2.27. The third-order valence-electron chi connectivity index (χ3n) is 3.97. The predicted octanol–water partition coefficient (Wildman–Crippen LogP) is 4.56. The van der Waals surface area contributed by atoms with Gasteiger partial charge in [0.15, 0.2) is 0 Å². The number of benzene rings is 2. The van der Waals surface area contributed by atoms with Crippen molar-refractivity contribution >= 4 is 11.9 Å². The van der Waals surface area contributed by atoms with Crippen LogP contribution in [0.15, 0.2) is 48.5 Å². The molecule has 0 aliphatic heterocycles. The number of carbonyl (C=O) groups is 2. The lowest BCUT2D eigenvalue weighted by molar-refractivity contribution is -0.144. The maximum atomic E-state index is 12.1. The molecule has 0 atom stereocenters. The van der Waals surface area contributed by atoms with Gasteiger partial charge in [-0.25, -0.2) is 4.79 Å². The fourth-order valence-corrected chi connectivity index (χ4v) is 1.82. The topological polar surface area (TPSA) is 52.6 Å². The monoisotopic (exact) mass is 326 g/mol. The van der Waals surface area contributed by atoms with Gasteiger partial charge in [0.25, 0.3) is 0 Å². The molecule has 0 aromatic heterocycles. The van der Waals surface area contributed by atoms with Crippen LogP contribution in [0.3, 0.4) is 0 Å². The lowest BCUT2D eigenvalue weighted by Gasteiger charge is -2.20. The SMILES string of the molecule is CCC(C)(C)C(=O)Oc1ccc(OC(=O)c2ccc(C)cc2)cc1. The van der Waals surface area contributed by atoms with Crippen molar-refractivity contribution in [2.75, 3.05) is 0 Å². The Balaban J connectivity index is 2.00. The van der Waals surface area contributed by atoms with Crippen LogP contribution in [0.25, 0.3) is 0 Å². The zero-order chi connectivity index (χ0) is 17.7. The van der Waals surface area contributed by atoms with Gasteiger partial charge in [-0.05, 0) is 63.6 Å². The first-order valence-corrected chi connectivity index (χ1v) is 7.93. The van der Waals surface area contributed by atoms with E-state index in [1.165, 1.54) is 0 Å². The molecule has 0 fully saturated rings. The molecule has 0 amide bonds. The molecule has 2 aromatic rings. The molecule has 0 saturated carbocycles. The zero-order valence-electron chi connectivity index (χ0n) is 14.5. The van der Waals surface area contributed by atoms with Crippen molar-refractivity contribution in [1.29, 1.82) is 0 Å². The summed E-state index contributed by atoms with van der Waals surface area (Å²) in [5, 5.41) is 0. The van der Waals surface area contributed by atoms with Crippen molar-refractivity contribution in [1.82, 2.24) is 0 Å². The van der Waals surface area contributed by atoms with Gasteiger partial charge in [-0.15, -0.1) is 0 Å². The summed E-state index contributed by atoms with van der Waals surface area (Å²) in [7, 11) is 0. The summed E-state index contributed by atoms with van der Waals surface area (Å²) in [5.41, 5.74) is 1.03. The van der Waals surface area contributed by atoms with Crippen molar-refractivity contribution in [2.45, 2.75) is 34.1 Å². The van der Waals surface area contributed by atoms with Crippen LogP contribution in [0.4, 0.5) is 0 Å². The zero-order valence-corrected chi connectivity index (χ0v) is 14.5. The third-order valence-corrected chi connectivity index (χ3v) is 3.97. The number of aryl methyl sites for hydroxylation is 1. The Labute approximate surface area is 142 Å². The largest absolute Gasteiger partial charge is 0.426 e. The van der Waals surface area contributed by atoms with Crippen LogP contribution < -0.4 is 9.47 Å². The van der Waals surface area contributed by atoms with Gasteiger partial charge in [0.05, 0.1) is 11.0 Å². The molecule has 0 bridgehead atoms. The molecule has 126 valence electrons. The minimum absolute atomic E-state index is 0.283. The molecule has 0 aliphatic carbocycles. The molecule has 2 rings (SSSR count). The molecule has 2 aromatic carbocycles. The standard InChI is InChI=1S/C20H22O4/c1-5-20(3,4)19(22)24-17-12-10-16(11-13-17)23-18(21)15-8-6-14(2)7-9-15/h6-13H,5H2,1-4H3. The molecule has 4 nitrogen and oxygen atoms in total. The molecule has 0 spiro atoms. The normalized spacial score (nSPS) is 11.0. The van der Waals surface area contributed by atoms with Crippen LogP contribution in [0.1, 0.15) is 43.1 Å². The van der Waals surface area contributed by atoms with Crippen molar-refractivity contribution in [3.63, 3.8) is 0 Å². The second kappa shape index (κ2) is 7.30. The van der Waals surface area contributed by atoms with Gasteiger partial charge in [-0.3, -0.25) is 4.79 Å². The van der Waals surface area contributed by atoms with E-state index < -0.39 is 11.4 Å². The van der Waals surface area contributed by atoms with Gasteiger partial charge in [-0.2, -0.15) is 0 Å². The van der Waals surface area contributed by atoms with E-state index in [-0.39, 0.29) is 5.97 Å². The van der Waals surface area contributed by atoms with E-state index in [0.717, 1.165) is 5.56 Å². The maximum Gasteiger partial charge on any atom is 0.343 e. The summed E-state index contributed by atoms with van der Waals surface area (Å²) in [6.07, 6.45) is 0.693. The Morgan fingerprint density at radius 3 is 1.88 bits per heavy atom. The third kappa shape index (κ3) is 4.44. The molecular weight excluding hydrogens is 304 g/mol. The molecule has 0 saturated heterocycles. The summed E-state index contributed by atoms with van der Waals surface area (Å²) in [5.74, 6) is 0.119. The second-order valence-electron chi connectivity index (χ2n) is 6.35. The highest BCUT2D eigenvalue weighted by Crippen LogP contribution is 2.25. The number of ether oxygens (including phenoxy) is 2. The minimum Gasteiger partial charge on any atom is -0.426 e. The smallest absolute Gasteiger partial charge is 0.343 e. The first-order valence-electron chi connectivity index (χ1n) is 7.93. The van der Waals surface area contributed by atoms with Gasteiger partial charge in [0.1, 0.15) is 11.5 Å². The number of carbonyl (C=O) groups excluding carboxylic acids is 2. The van der Waals surface area contributed by atoms with Crippen molar-refractivity contribution < 1.29 is 19.1 Å². The van der Waals surface area contributed by atoms with Crippen LogP contribution >= 0.6 is 0 Å². The Morgan fingerprint density at radius 2 is 1.38 bits per heavy atom. The van der Waals surface area contributed by atoms with Crippen LogP contribution in [-0.4, -0.2) is 11.9 Å². The summed E-state index contributed by atoms with van der Waals surface area (Å²) >= 11 is 0. The van der Waals surface area contributed by atoms with Crippen LogP contribution in [0.5, 0.6) is 11.5 Å². The fourth-order valence-electron chi connectivity index (χ4n) is 1.82. The fraction of sp³-hybridized carbons (Fsp3) is 0.300. The van der Waals surface area contributed by atoms with E-state index in [1.54, 1.807) is 36.4 Å². The first-order chi connectivity index (χ1) is 11.3. The Hall–Kier alpha value is -2.62. The van der Waals surface area contributed by atoms with Crippen molar-refractivity contribution in [3.8, 4) is 11.5 Å². The molecule has 0 heterocycles. The average molecular weight is 326 g/mol. The Bertz CT molecular complexity index is 712. The van der Waals surface area contributed by atoms with Gasteiger partial charge in [-0.1, -0.05) is 24.6 Å². The summed E-state index contributed by atoms with van der Waals surface area (Å²) in [4.78, 5) is 24.1. The molecule has 0 unspecified atom stereocenters. The molecule has 0 aliphatic rings. The van der Waals surface area contributed by atoms with Crippen LogP contribution in [0, 0.1) is 12.3 Å². The quantitative estimate of drug-likeness (QED) is 0.597. The van der Waals surface area contributed by atoms with E-state index in [4.69, 9.17) is 9.47 Å². The van der Waals surface area contributed by atoms with E-state index >= 15 is 0 Å². The second-order valence-corrected chi connectivity index (χ2v) is 6.35. The molecule has 4 heteroatoms. The van der Waals surface area contributed by atoms with Crippen molar-refractivity contribution in [3.05, 3.63) is 59.7 Å². The number of esters is 2. The lowest BCUT2D eigenvalue weighted by Crippen LogP contribution is -2.28. The minimum atomic E-state index is -0.531. The van der Waals surface area contributed by atoms with Gasteiger partial charge in [0.2, 0.25) is 0 Å². The highest BCUT2D eigenvalue weighted by molar-refractivity contribution is 5.91. The van der Waals surface area contributed by atoms with Gasteiger partial charge < -0.3 is 9.47 Å². The van der Waals surface area contributed by atoms with E-state index in [2.05, 4.69) is 0 Å². The number of hydrogen-bond acceptors (Lipinski definition) is 4. The Kier molecular flexibility index (Phi) is 5.39. The molecule has 0 N–H and O–H groups in total.